The number of methoxy groups -OCH3 is 1. The topological polar surface area (TPSA) is 38.8 Å². The Bertz CT molecular complexity index is 312. The molecule has 1 atom stereocenters. The summed E-state index contributed by atoms with van der Waals surface area (Å²) in [6.45, 7) is 9.90. The summed E-state index contributed by atoms with van der Waals surface area (Å²) in [7, 11) is 1.57. The van der Waals surface area contributed by atoms with E-state index in [1.165, 1.54) is 4.90 Å². The summed E-state index contributed by atoms with van der Waals surface area (Å²) in [5.41, 5.74) is -0.523. The molecule has 0 spiro atoms. The lowest BCUT2D eigenvalue weighted by Crippen LogP contribution is -2.41. The Morgan fingerprint density at radius 1 is 1.56 bits per heavy atom. The van der Waals surface area contributed by atoms with Crippen LogP contribution < -0.4 is 0 Å². The maximum absolute atomic E-state index is 12.0. The van der Waals surface area contributed by atoms with Gasteiger partial charge in [-0.3, -0.25) is 0 Å². The minimum atomic E-state index is -0.523. The first-order valence-electron chi connectivity index (χ1n) is 5.89. The van der Waals surface area contributed by atoms with Gasteiger partial charge in [-0.05, 0) is 20.8 Å². The number of hydrogen-bond acceptors (Lipinski definition) is 3. The third-order valence-corrected chi connectivity index (χ3v) is 2.10. The smallest absolute Gasteiger partial charge is 0.410 e. The van der Waals surface area contributed by atoms with E-state index >= 15 is 0 Å². The highest BCUT2D eigenvalue weighted by Crippen LogP contribution is 2.11. The van der Waals surface area contributed by atoms with Gasteiger partial charge in [-0.15, -0.1) is 18.9 Å². The van der Waals surface area contributed by atoms with E-state index in [-0.39, 0.29) is 12.2 Å². The largest absolute Gasteiger partial charge is 0.444 e. The number of carbonyl (C=O) groups excluding carboxylic acids is 1. The molecular weight excluding hydrogens is 230 g/mol. The number of nitrogens with zero attached hydrogens (tertiary/aromatic N) is 1. The van der Waals surface area contributed by atoms with Gasteiger partial charge in [-0.2, -0.15) is 0 Å². The zero-order chi connectivity index (χ0) is 14.2. The second-order valence-corrected chi connectivity index (χ2v) is 4.94. The molecule has 18 heavy (non-hydrogen) atoms. The summed E-state index contributed by atoms with van der Waals surface area (Å²) in [6.07, 6.45) is 6.76. The van der Waals surface area contributed by atoms with Crippen LogP contribution in [0.2, 0.25) is 0 Å². The summed E-state index contributed by atoms with van der Waals surface area (Å²) < 4.78 is 10.5. The molecule has 0 N–H and O–H groups in total. The van der Waals surface area contributed by atoms with Crippen LogP contribution in [-0.4, -0.2) is 42.9 Å². The fourth-order valence-electron chi connectivity index (χ4n) is 1.31. The molecule has 0 fully saturated rings. The van der Waals surface area contributed by atoms with Gasteiger partial charge in [-0.25, -0.2) is 4.79 Å². The highest BCUT2D eigenvalue weighted by molar-refractivity contribution is 5.68. The fourth-order valence-corrected chi connectivity index (χ4v) is 1.31. The van der Waals surface area contributed by atoms with Gasteiger partial charge in [0, 0.05) is 20.1 Å². The zero-order valence-corrected chi connectivity index (χ0v) is 11.7. The van der Waals surface area contributed by atoms with Gasteiger partial charge in [0.05, 0.1) is 12.6 Å². The minimum absolute atomic E-state index is 0.192. The van der Waals surface area contributed by atoms with Crippen molar-refractivity contribution >= 4 is 6.09 Å². The van der Waals surface area contributed by atoms with Crippen molar-refractivity contribution in [2.24, 2.45) is 0 Å². The first-order valence-corrected chi connectivity index (χ1v) is 5.89. The molecule has 0 saturated carbocycles. The van der Waals surface area contributed by atoms with Crippen LogP contribution in [-0.2, 0) is 9.47 Å². The summed E-state index contributed by atoms with van der Waals surface area (Å²) in [5, 5.41) is 0. The molecule has 0 bridgehead atoms. The molecule has 102 valence electrons. The van der Waals surface area contributed by atoms with Crippen molar-refractivity contribution in [2.75, 3.05) is 20.2 Å². The summed E-state index contributed by atoms with van der Waals surface area (Å²) >= 11 is 0. The van der Waals surface area contributed by atoms with Crippen molar-refractivity contribution in [1.82, 2.24) is 4.90 Å². The van der Waals surface area contributed by atoms with Crippen LogP contribution in [0, 0.1) is 12.3 Å². The molecule has 0 aliphatic heterocycles. The van der Waals surface area contributed by atoms with E-state index in [2.05, 4.69) is 12.5 Å². The second kappa shape index (κ2) is 7.78. The highest BCUT2D eigenvalue weighted by atomic mass is 16.6. The Kier molecular flexibility index (Phi) is 7.14. The van der Waals surface area contributed by atoms with Gasteiger partial charge in [-0.1, -0.05) is 6.08 Å². The summed E-state index contributed by atoms with van der Waals surface area (Å²) in [4.78, 5) is 13.5. The molecule has 0 radical (unpaired) electrons. The second-order valence-electron chi connectivity index (χ2n) is 4.94. The molecule has 0 aromatic rings. The highest BCUT2D eigenvalue weighted by Gasteiger charge is 2.23. The van der Waals surface area contributed by atoms with E-state index in [4.69, 9.17) is 15.9 Å². The van der Waals surface area contributed by atoms with Crippen molar-refractivity contribution in [2.45, 2.75) is 38.9 Å². The van der Waals surface area contributed by atoms with E-state index in [0.29, 0.717) is 19.5 Å². The molecule has 4 heteroatoms. The molecule has 4 nitrogen and oxygen atoms in total. The molecule has 0 saturated heterocycles. The van der Waals surface area contributed by atoms with Crippen molar-refractivity contribution in [3.8, 4) is 12.3 Å². The molecule has 0 heterocycles. The third-order valence-electron chi connectivity index (χ3n) is 2.10. The van der Waals surface area contributed by atoms with Gasteiger partial charge in [0.1, 0.15) is 5.60 Å². The number of ether oxygens (including phenoxy) is 2. The van der Waals surface area contributed by atoms with E-state index in [1.54, 1.807) is 13.2 Å². The predicted molar refractivity (Wildman–Crippen MR) is 72.3 cm³/mol. The van der Waals surface area contributed by atoms with E-state index in [9.17, 15) is 4.79 Å². The summed E-state index contributed by atoms with van der Waals surface area (Å²) in [5.74, 6) is 2.52. The van der Waals surface area contributed by atoms with Crippen LogP contribution in [0.1, 0.15) is 27.2 Å². The maximum Gasteiger partial charge on any atom is 0.410 e. The molecule has 1 unspecified atom stereocenters. The average molecular weight is 253 g/mol. The van der Waals surface area contributed by atoms with E-state index in [1.807, 2.05) is 20.8 Å². The third kappa shape index (κ3) is 6.97. The minimum Gasteiger partial charge on any atom is -0.444 e. The number of terminal acetylenes is 1. The Morgan fingerprint density at radius 2 is 2.17 bits per heavy atom. The van der Waals surface area contributed by atoms with Crippen molar-refractivity contribution in [3.63, 3.8) is 0 Å². The Labute approximate surface area is 110 Å². The number of carbonyl (C=O) groups is 1. The monoisotopic (exact) mass is 253 g/mol. The maximum atomic E-state index is 12.0. The van der Waals surface area contributed by atoms with Crippen LogP contribution in [0.15, 0.2) is 12.7 Å². The molecule has 0 aliphatic carbocycles. The van der Waals surface area contributed by atoms with Gasteiger partial charge < -0.3 is 14.4 Å². The molecule has 1 amide bonds. The Morgan fingerprint density at radius 3 is 2.56 bits per heavy atom. The Balaban J connectivity index is 4.59. The SMILES string of the molecule is C#CCC(CN(CC=C)C(=O)OC(C)(C)C)OC. The predicted octanol–water partition coefficient (Wildman–Crippen LogP) is 2.45. The Hall–Kier alpha value is -1.47. The molecule has 0 rings (SSSR count). The fraction of sp³-hybridized carbons (Fsp3) is 0.643. The average Bonchev–Trinajstić information content (AvgIpc) is 2.25. The molecular formula is C14H23NO3. The van der Waals surface area contributed by atoms with Crippen molar-refractivity contribution < 1.29 is 14.3 Å². The van der Waals surface area contributed by atoms with Gasteiger partial charge in [0.2, 0.25) is 0 Å². The first-order chi connectivity index (χ1) is 8.34. The molecule has 0 aromatic carbocycles. The van der Waals surface area contributed by atoms with Crippen LogP contribution in [0.4, 0.5) is 4.79 Å². The normalized spacial score (nSPS) is 12.4. The van der Waals surface area contributed by atoms with Crippen molar-refractivity contribution in [3.05, 3.63) is 12.7 Å². The van der Waals surface area contributed by atoms with E-state index in [0.717, 1.165) is 0 Å². The van der Waals surface area contributed by atoms with Crippen LogP contribution in [0.5, 0.6) is 0 Å². The van der Waals surface area contributed by atoms with Gasteiger partial charge >= 0.3 is 6.09 Å². The number of hydrogen-bond donors (Lipinski definition) is 0. The lowest BCUT2D eigenvalue weighted by atomic mass is 10.2. The van der Waals surface area contributed by atoms with Crippen LogP contribution >= 0.6 is 0 Å². The lowest BCUT2D eigenvalue weighted by molar-refractivity contribution is 0.0118. The van der Waals surface area contributed by atoms with Gasteiger partial charge in [0.15, 0.2) is 0 Å². The lowest BCUT2D eigenvalue weighted by Gasteiger charge is -2.28. The first kappa shape index (κ1) is 16.5. The standard InChI is InChI=1S/C14H23NO3/c1-7-9-12(17-6)11-15(10-8-2)13(16)18-14(3,4)5/h1,8,12H,2,9-11H2,3-6H3. The number of rotatable bonds is 6. The van der Waals surface area contributed by atoms with E-state index < -0.39 is 5.60 Å². The molecule has 0 aliphatic rings. The number of amides is 1. The van der Waals surface area contributed by atoms with Gasteiger partial charge in [0.25, 0.3) is 0 Å². The quantitative estimate of drug-likeness (QED) is 0.539. The van der Waals surface area contributed by atoms with Crippen LogP contribution in [0.25, 0.3) is 0 Å². The zero-order valence-electron chi connectivity index (χ0n) is 11.7. The molecule has 0 aromatic heterocycles. The summed E-state index contributed by atoms with van der Waals surface area (Å²) in [6, 6.07) is 0. The van der Waals surface area contributed by atoms with Crippen molar-refractivity contribution in [1.29, 1.82) is 0 Å². The van der Waals surface area contributed by atoms with Crippen LogP contribution in [0.3, 0.4) is 0 Å².